The summed E-state index contributed by atoms with van der Waals surface area (Å²) in [5, 5.41) is 19.7. The third kappa shape index (κ3) is 3.52. The van der Waals surface area contributed by atoms with Crippen LogP contribution in [0.25, 0.3) is 0 Å². The lowest BCUT2D eigenvalue weighted by Gasteiger charge is -2.19. The quantitative estimate of drug-likeness (QED) is 0.268. The van der Waals surface area contributed by atoms with E-state index < -0.39 is 61.7 Å². The fraction of sp³-hybridized carbons (Fsp3) is 0.500. The number of hydrogen-bond donors (Lipinski definition) is 5. The van der Waals surface area contributed by atoms with Crippen LogP contribution >= 0.6 is 7.82 Å². The SMILES string of the molecule is O=Cc1c(F)c(=O)[nH]c(=O)n1[C@@H]1O[C@H](COP(=O)(O)O)[C@@H](O)[C@H]1O. The first-order valence-electron chi connectivity index (χ1n) is 6.28. The summed E-state index contributed by atoms with van der Waals surface area (Å²) >= 11 is 0. The van der Waals surface area contributed by atoms with Gasteiger partial charge in [-0.3, -0.25) is 23.7 Å². The Balaban J connectivity index is 2.39. The van der Waals surface area contributed by atoms with Crippen molar-refractivity contribution in [3.8, 4) is 0 Å². The van der Waals surface area contributed by atoms with Crippen LogP contribution in [0.15, 0.2) is 9.59 Å². The molecule has 24 heavy (non-hydrogen) atoms. The molecule has 14 heteroatoms. The van der Waals surface area contributed by atoms with E-state index in [2.05, 4.69) is 4.52 Å². The summed E-state index contributed by atoms with van der Waals surface area (Å²) < 4.78 is 33.7. The van der Waals surface area contributed by atoms with E-state index in [1.54, 1.807) is 4.98 Å². The van der Waals surface area contributed by atoms with Gasteiger partial charge in [0.2, 0.25) is 5.82 Å². The maximum atomic E-state index is 13.7. The standard InChI is InChI=1S/C10H12FN2O10P/c11-5-3(1-14)13(10(18)12-8(5)17)9-7(16)6(15)4(23-9)2-22-24(19,20)21/h1,4,6-7,9,15-16H,2H2,(H,12,17,18)(H2,19,20,21)/t4-,6-,7-,9-/m1/s1. The molecule has 1 aromatic heterocycles. The minimum absolute atomic E-state index is 0.159. The van der Waals surface area contributed by atoms with E-state index in [0.717, 1.165) is 0 Å². The molecule has 12 nitrogen and oxygen atoms in total. The third-order valence-corrected chi connectivity index (χ3v) is 3.72. The maximum absolute atomic E-state index is 13.7. The number of aromatic nitrogens is 2. The van der Waals surface area contributed by atoms with Gasteiger partial charge in [-0.1, -0.05) is 0 Å². The number of aliphatic hydroxyl groups excluding tert-OH is 2. The largest absolute Gasteiger partial charge is 0.469 e. The third-order valence-electron chi connectivity index (χ3n) is 3.23. The number of aldehydes is 1. The van der Waals surface area contributed by atoms with Crippen molar-refractivity contribution in [1.82, 2.24) is 9.55 Å². The van der Waals surface area contributed by atoms with Gasteiger partial charge in [-0.15, -0.1) is 0 Å². The molecule has 0 aliphatic carbocycles. The van der Waals surface area contributed by atoms with Gasteiger partial charge in [-0.05, 0) is 0 Å². The van der Waals surface area contributed by atoms with E-state index in [1.165, 1.54) is 0 Å². The molecule has 0 unspecified atom stereocenters. The second kappa shape index (κ2) is 6.64. The lowest BCUT2D eigenvalue weighted by Crippen LogP contribution is -2.41. The summed E-state index contributed by atoms with van der Waals surface area (Å²) in [6.07, 6.45) is -7.11. The van der Waals surface area contributed by atoms with Gasteiger partial charge in [0.15, 0.2) is 12.5 Å². The summed E-state index contributed by atoms with van der Waals surface area (Å²) in [7, 11) is -4.90. The topological polar surface area (TPSA) is 188 Å². The molecule has 2 heterocycles. The molecule has 0 radical (unpaired) electrons. The Morgan fingerprint density at radius 3 is 2.50 bits per heavy atom. The first kappa shape index (κ1) is 18.6. The number of aliphatic hydroxyl groups is 2. The second-order valence-electron chi connectivity index (χ2n) is 4.78. The number of H-pyrrole nitrogens is 1. The molecular formula is C10H12FN2O10P. The molecule has 1 aliphatic rings. The monoisotopic (exact) mass is 370 g/mol. The van der Waals surface area contributed by atoms with Gasteiger partial charge in [0.05, 0.1) is 6.61 Å². The van der Waals surface area contributed by atoms with Crippen molar-refractivity contribution in [2.75, 3.05) is 6.61 Å². The number of aromatic amines is 1. The van der Waals surface area contributed by atoms with Crippen LogP contribution in [0.4, 0.5) is 4.39 Å². The highest BCUT2D eigenvalue weighted by Crippen LogP contribution is 2.38. The molecule has 2 rings (SSSR count). The van der Waals surface area contributed by atoms with Gasteiger partial charge in [0.25, 0.3) is 5.56 Å². The van der Waals surface area contributed by atoms with Crippen molar-refractivity contribution < 1.29 is 43.0 Å². The van der Waals surface area contributed by atoms with Crippen molar-refractivity contribution in [2.24, 2.45) is 0 Å². The number of ether oxygens (including phenoxy) is 1. The zero-order valence-electron chi connectivity index (χ0n) is 11.6. The molecular weight excluding hydrogens is 358 g/mol. The molecule has 0 aromatic carbocycles. The molecule has 0 saturated carbocycles. The number of hydrogen-bond acceptors (Lipinski definition) is 8. The minimum Gasteiger partial charge on any atom is -0.387 e. The summed E-state index contributed by atoms with van der Waals surface area (Å²) in [6.45, 7) is -0.865. The molecule has 0 spiro atoms. The molecule has 0 bridgehead atoms. The summed E-state index contributed by atoms with van der Waals surface area (Å²) in [5.41, 5.74) is -3.79. The van der Waals surface area contributed by atoms with Crippen molar-refractivity contribution in [2.45, 2.75) is 24.5 Å². The van der Waals surface area contributed by atoms with Gasteiger partial charge < -0.3 is 24.7 Å². The fourth-order valence-electron chi connectivity index (χ4n) is 2.16. The first-order chi connectivity index (χ1) is 11.1. The highest BCUT2D eigenvalue weighted by molar-refractivity contribution is 7.46. The lowest BCUT2D eigenvalue weighted by molar-refractivity contribution is -0.0553. The zero-order chi connectivity index (χ0) is 18.2. The van der Waals surface area contributed by atoms with E-state index in [9.17, 15) is 33.6 Å². The van der Waals surface area contributed by atoms with Crippen LogP contribution in [-0.2, 0) is 13.8 Å². The van der Waals surface area contributed by atoms with Crippen LogP contribution < -0.4 is 11.2 Å². The predicted molar refractivity (Wildman–Crippen MR) is 70.6 cm³/mol. The van der Waals surface area contributed by atoms with Gasteiger partial charge in [0.1, 0.15) is 24.0 Å². The van der Waals surface area contributed by atoms with E-state index in [0.29, 0.717) is 0 Å². The van der Waals surface area contributed by atoms with Gasteiger partial charge in [0, 0.05) is 0 Å². The van der Waals surface area contributed by atoms with Crippen LogP contribution in [0.1, 0.15) is 16.7 Å². The normalized spacial score (nSPS) is 27.4. The first-order valence-corrected chi connectivity index (χ1v) is 7.81. The number of carbonyl (C=O) groups excluding carboxylic acids is 1. The van der Waals surface area contributed by atoms with Crippen molar-refractivity contribution in [3.63, 3.8) is 0 Å². The highest BCUT2D eigenvalue weighted by Gasteiger charge is 2.46. The van der Waals surface area contributed by atoms with E-state index in [1.807, 2.05) is 0 Å². The molecule has 134 valence electrons. The molecule has 1 fully saturated rings. The van der Waals surface area contributed by atoms with Crippen LogP contribution in [0.2, 0.25) is 0 Å². The smallest absolute Gasteiger partial charge is 0.387 e. The van der Waals surface area contributed by atoms with E-state index >= 15 is 0 Å². The van der Waals surface area contributed by atoms with Crippen molar-refractivity contribution in [3.05, 3.63) is 32.3 Å². The van der Waals surface area contributed by atoms with E-state index in [-0.39, 0.29) is 10.9 Å². The Labute approximate surface area is 131 Å². The number of nitrogens with one attached hydrogen (secondary N) is 1. The number of carbonyl (C=O) groups is 1. The predicted octanol–water partition coefficient (Wildman–Crippen LogP) is -2.78. The maximum Gasteiger partial charge on any atom is 0.469 e. The van der Waals surface area contributed by atoms with Gasteiger partial charge >= 0.3 is 13.5 Å². The number of halogens is 1. The average molecular weight is 370 g/mol. The Morgan fingerprint density at radius 2 is 1.96 bits per heavy atom. The van der Waals surface area contributed by atoms with Crippen molar-refractivity contribution in [1.29, 1.82) is 0 Å². The number of nitrogens with zero attached hydrogens (tertiary/aromatic N) is 1. The Hall–Kier alpha value is -1.73. The Bertz CT molecular complexity index is 800. The van der Waals surface area contributed by atoms with Crippen LogP contribution in [0.5, 0.6) is 0 Å². The lowest BCUT2D eigenvalue weighted by atomic mass is 10.1. The molecule has 1 aromatic rings. The Kier molecular flexibility index (Phi) is 5.15. The van der Waals surface area contributed by atoms with Crippen LogP contribution in [0, 0.1) is 5.82 Å². The molecule has 5 N–H and O–H groups in total. The highest BCUT2D eigenvalue weighted by atomic mass is 31.2. The summed E-state index contributed by atoms with van der Waals surface area (Å²) in [4.78, 5) is 52.7. The van der Waals surface area contributed by atoms with Crippen LogP contribution in [0.3, 0.4) is 0 Å². The van der Waals surface area contributed by atoms with Gasteiger partial charge in [-0.2, -0.15) is 4.39 Å². The molecule has 1 aliphatic heterocycles. The minimum atomic E-state index is -4.90. The second-order valence-corrected chi connectivity index (χ2v) is 6.02. The van der Waals surface area contributed by atoms with Gasteiger partial charge in [-0.25, -0.2) is 9.36 Å². The number of rotatable bonds is 5. The molecule has 1 saturated heterocycles. The van der Waals surface area contributed by atoms with Crippen molar-refractivity contribution >= 4 is 14.1 Å². The van der Waals surface area contributed by atoms with E-state index in [4.69, 9.17) is 14.5 Å². The molecule has 0 amide bonds. The fourth-order valence-corrected chi connectivity index (χ4v) is 2.50. The van der Waals surface area contributed by atoms with Crippen LogP contribution in [-0.4, -0.2) is 60.8 Å². The summed E-state index contributed by atoms with van der Waals surface area (Å²) in [5.74, 6) is -1.61. The average Bonchev–Trinajstić information content (AvgIpc) is 2.76. The summed E-state index contributed by atoms with van der Waals surface area (Å²) in [6, 6.07) is 0. The molecule has 4 atom stereocenters. The zero-order valence-corrected chi connectivity index (χ0v) is 12.5. The number of phosphoric ester groups is 1. The Morgan fingerprint density at radius 1 is 1.33 bits per heavy atom. The number of phosphoric acid groups is 1.